The number of amides is 2. The Hall–Kier alpha value is -1.40. The summed E-state index contributed by atoms with van der Waals surface area (Å²) < 4.78 is 0. The predicted molar refractivity (Wildman–Crippen MR) is 101 cm³/mol. The molecule has 1 aromatic rings. The fraction of sp³-hybridized carbons (Fsp3) is 0.684. The summed E-state index contributed by atoms with van der Waals surface area (Å²) in [7, 11) is 0. The van der Waals surface area contributed by atoms with Crippen LogP contribution in [0.15, 0.2) is 12.1 Å². The van der Waals surface area contributed by atoms with Crippen LogP contribution in [0.2, 0.25) is 0 Å². The van der Waals surface area contributed by atoms with Crippen molar-refractivity contribution in [3.05, 3.63) is 21.9 Å². The molecule has 0 radical (unpaired) electrons. The molecule has 0 unspecified atom stereocenters. The van der Waals surface area contributed by atoms with Crippen molar-refractivity contribution in [3.63, 3.8) is 0 Å². The molecule has 1 aliphatic heterocycles. The van der Waals surface area contributed by atoms with Crippen molar-refractivity contribution in [1.82, 2.24) is 15.5 Å². The van der Waals surface area contributed by atoms with Gasteiger partial charge < -0.3 is 10.6 Å². The van der Waals surface area contributed by atoms with Gasteiger partial charge in [0, 0.05) is 42.4 Å². The van der Waals surface area contributed by atoms with Crippen LogP contribution in [0, 0.1) is 0 Å². The van der Waals surface area contributed by atoms with E-state index < -0.39 is 0 Å². The summed E-state index contributed by atoms with van der Waals surface area (Å²) in [6.07, 6.45) is 6.02. The lowest BCUT2D eigenvalue weighted by Gasteiger charge is -2.22. The Morgan fingerprint density at radius 2 is 2.04 bits per heavy atom. The standard InChI is InChI=1S/C19H29N3O2S/c1-3-20-19(24)17-10-15(21-13(2)23)11-22(17)12-16-8-9-18(25-16)14-6-4-5-7-14/h8-9,14-15,17H,3-7,10-12H2,1-2H3,(H,20,24)(H,21,23)/t15-,17-/m0/s1. The minimum absolute atomic E-state index is 0.0267. The number of hydrogen-bond acceptors (Lipinski definition) is 4. The van der Waals surface area contributed by atoms with E-state index in [0.29, 0.717) is 13.0 Å². The Morgan fingerprint density at radius 3 is 2.72 bits per heavy atom. The van der Waals surface area contributed by atoms with Gasteiger partial charge in [0.05, 0.1) is 6.04 Å². The topological polar surface area (TPSA) is 61.4 Å². The lowest BCUT2D eigenvalue weighted by molar-refractivity contribution is -0.125. The largest absolute Gasteiger partial charge is 0.355 e. The van der Waals surface area contributed by atoms with E-state index in [1.165, 1.54) is 42.4 Å². The number of carbonyl (C=O) groups excluding carboxylic acids is 2. The first kappa shape index (κ1) is 18.4. The van der Waals surface area contributed by atoms with Crippen LogP contribution in [0.1, 0.15) is 61.6 Å². The highest BCUT2D eigenvalue weighted by Crippen LogP contribution is 2.38. The number of carbonyl (C=O) groups is 2. The van der Waals surface area contributed by atoms with Crippen molar-refractivity contribution in [1.29, 1.82) is 0 Å². The van der Waals surface area contributed by atoms with Crippen molar-refractivity contribution in [2.45, 2.75) is 70.5 Å². The lowest BCUT2D eigenvalue weighted by atomic mass is 10.1. The van der Waals surface area contributed by atoms with Crippen LogP contribution in [0.25, 0.3) is 0 Å². The number of nitrogens with one attached hydrogen (secondary N) is 2. The number of thiophene rings is 1. The Kier molecular flexibility index (Phi) is 6.12. The van der Waals surface area contributed by atoms with Gasteiger partial charge in [0.2, 0.25) is 11.8 Å². The van der Waals surface area contributed by atoms with E-state index >= 15 is 0 Å². The van der Waals surface area contributed by atoms with E-state index in [4.69, 9.17) is 0 Å². The fourth-order valence-corrected chi connectivity index (χ4v) is 5.35. The highest BCUT2D eigenvalue weighted by molar-refractivity contribution is 7.12. The zero-order valence-electron chi connectivity index (χ0n) is 15.2. The van der Waals surface area contributed by atoms with Crippen LogP contribution >= 0.6 is 11.3 Å². The van der Waals surface area contributed by atoms with Crippen LogP contribution in [0.3, 0.4) is 0 Å². The van der Waals surface area contributed by atoms with Gasteiger partial charge >= 0.3 is 0 Å². The van der Waals surface area contributed by atoms with Crippen LogP contribution < -0.4 is 10.6 Å². The number of likely N-dealkylation sites (tertiary alicyclic amines) is 1. The van der Waals surface area contributed by atoms with E-state index in [1.54, 1.807) is 0 Å². The molecule has 1 aromatic heterocycles. The molecular formula is C19H29N3O2S. The maximum absolute atomic E-state index is 12.4. The SMILES string of the molecule is CCNC(=O)[C@@H]1C[C@H](NC(C)=O)CN1Cc1ccc(C2CCCC2)s1. The molecule has 3 rings (SSSR count). The fourth-order valence-electron chi connectivity index (χ4n) is 4.14. The molecule has 6 heteroatoms. The summed E-state index contributed by atoms with van der Waals surface area (Å²) in [6, 6.07) is 4.39. The zero-order chi connectivity index (χ0) is 17.8. The van der Waals surface area contributed by atoms with Gasteiger partial charge in [-0.1, -0.05) is 12.8 Å². The molecule has 2 fully saturated rings. The Labute approximate surface area is 154 Å². The summed E-state index contributed by atoms with van der Waals surface area (Å²) in [5.41, 5.74) is 0. The molecule has 25 heavy (non-hydrogen) atoms. The highest BCUT2D eigenvalue weighted by Gasteiger charge is 2.37. The monoisotopic (exact) mass is 363 g/mol. The number of hydrogen-bond donors (Lipinski definition) is 2. The molecule has 1 aliphatic carbocycles. The molecule has 2 aliphatic rings. The number of nitrogens with zero attached hydrogens (tertiary/aromatic N) is 1. The molecule has 0 aromatic carbocycles. The van der Waals surface area contributed by atoms with Crippen LogP contribution in [0.4, 0.5) is 0 Å². The maximum Gasteiger partial charge on any atom is 0.237 e. The minimum Gasteiger partial charge on any atom is -0.355 e. The molecule has 5 nitrogen and oxygen atoms in total. The highest BCUT2D eigenvalue weighted by atomic mass is 32.1. The molecule has 2 heterocycles. The second-order valence-corrected chi connectivity index (χ2v) is 8.46. The summed E-state index contributed by atoms with van der Waals surface area (Å²) in [5.74, 6) is 0.785. The third-order valence-electron chi connectivity index (χ3n) is 5.26. The molecule has 0 spiro atoms. The minimum atomic E-state index is -0.158. The maximum atomic E-state index is 12.4. The Bertz CT molecular complexity index is 610. The van der Waals surface area contributed by atoms with Gasteiger partial charge in [-0.3, -0.25) is 14.5 Å². The van der Waals surface area contributed by atoms with Crippen LogP contribution in [-0.4, -0.2) is 41.9 Å². The molecule has 138 valence electrons. The van der Waals surface area contributed by atoms with Gasteiger partial charge in [-0.25, -0.2) is 0 Å². The van der Waals surface area contributed by atoms with Gasteiger partial charge in [-0.05, 0) is 44.2 Å². The van der Waals surface area contributed by atoms with E-state index in [0.717, 1.165) is 19.0 Å². The average molecular weight is 364 g/mol. The molecule has 1 saturated heterocycles. The first-order valence-corrected chi connectivity index (χ1v) is 10.3. The summed E-state index contributed by atoms with van der Waals surface area (Å²) in [6.45, 7) is 5.64. The van der Waals surface area contributed by atoms with Gasteiger partial charge in [-0.15, -0.1) is 11.3 Å². The quantitative estimate of drug-likeness (QED) is 0.817. The molecule has 2 N–H and O–H groups in total. The van der Waals surface area contributed by atoms with Crippen LogP contribution in [-0.2, 0) is 16.1 Å². The normalized spacial score (nSPS) is 24.6. The zero-order valence-corrected chi connectivity index (χ0v) is 16.0. The third-order valence-corrected chi connectivity index (χ3v) is 6.50. The van der Waals surface area contributed by atoms with E-state index in [2.05, 4.69) is 27.7 Å². The van der Waals surface area contributed by atoms with E-state index in [1.807, 2.05) is 18.3 Å². The van der Waals surface area contributed by atoms with Crippen LogP contribution in [0.5, 0.6) is 0 Å². The van der Waals surface area contributed by atoms with Crippen molar-refractivity contribution in [3.8, 4) is 0 Å². The number of rotatable bonds is 6. The van der Waals surface area contributed by atoms with Crippen molar-refractivity contribution in [2.24, 2.45) is 0 Å². The van der Waals surface area contributed by atoms with Gasteiger partial charge in [0.25, 0.3) is 0 Å². The van der Waals surface area contributed by atoms with Gasteiger partial charge in [0.1, 0.15) is 0 Å². The van der Waals surface area contributed by atoms with Gasteiger partial charge in [0.15, 0.2) is 0 Å². The molecular weight excluding hydrogens is 334 g/mol. The Balaban J connectivity index is 1.67. The third kappa shape index (κ3) is 4.61. The molecule has 2 amide bonds. The first-order valence-electron chi connectivity index (χ1n) is 9.44. The number of likely N-dealkylation sites (N-methyl/N-ethyl adjacent to an activating group) is 1. The van der Waals surface area contributed by atoms with Crippen molar-refractivity contribution in [2.75, 3.05) is 13.1 Å². The molecule has 1 saturated carbocycles. The van der Waals surface area contributed by atoms with E-state index in [9.17, 15) is 9.59 Å². The summed E-state index contributed by atoms with van der Waals surface area (Å²) in [5, 5.41) is 5.91. The smallest absolute Gasteiger partial charge is 0.237 e. The average Bonchev–Trinajstić information content (AvgIpc) is 3.27. The predicted octanol–water partition coefficient (Wildman–Crippen LogP) is 2.62. The Morgan fingerprint density at radius 1 is 1.28 bits per heavy atom. The second kappa shape index (κ2) is 8.32. The van der Waals surface area contributed by atoms with Crippen molar-refractivity contribution < 1.29 is 9.59 Å². The molecule has 0 bridgehead atoms. The molecule has 2 atom stereocenters. The first-order chi connectivity index (χ1) is 12.1. The van der Waals surface area contributed by atoms with Crippen molar-refractivity contribution >= 4 is 23.2 Å². The van der Waals surface area contributed by atoms with E-state index in [-0.39, 0.29) is 23.9 Å². The van der Waals surface area contributed by atoms with Gasteiger partial charge in [-0.2, -0.15) is 0 Å². The lowest BCUT2D eigenvalue weighted by Crippen LogP contribution is -2.42. The summed E-state index contributed by atoms with van der Waals surface area (Å²) >= 11 is 1.90. The summed E-state index contributed by atoms with van der Waals surface area (Å²) in [4.78, 5) is 28.9. The second-order valence-electron chi connectivity index (χ2n) is 7.26.